The fraction of sp³-hybridized carbons (Fsp3) is 0.909. The first-order chi connectivity index (χ1) is 7.63. The fourth-order valence-corrected chi connectivity index (χ4v) is 2.20. The third-order valence-corrected chi connectivity index (χ3v) is 3.20. The second-order valence-corrected chi connectivity index (χ2v) is 4.44. The van der Waals surface area contributed by atoms with Crippen molar-refractivity contribution in [3.63, 3.8) is 0 Å². The molecular formula is C11H23ClN2O3. The molecule has 5 nitrogen and oxygen atoms in total. The summed E-state index contributed by atoms with van der Waals surface area (Å²) in [7, 11) is 2.10. The van der Waals surface area contributed by atoms with Gasteiger partial charge in [0, 0.05) is 19.1 Å². The number of halogens is 1. The summed E-state index contributed by atoms with van der Waals surface area (Å²) in [5, 5.41) is 17.7. The second-order valence-electron chi connectivity index (χ2n) is 4.44. The molecule has 2 N–H and O–H groups in total. The third-order valence-electron chi connectivity index (χ3n) is 3.20. The maximum atomic E-state index is 10.5. The lowest BCUT2D eigenvalue weighted by Gasteiger charge is -2.36. The third kappa shape index (κ3) is 6.21. The SMILES string of the molecule is CN1CCC(N(CCO)CCC(=O)O)CC1.Cl. The molecule has 0 atom stereocenters. The van der Waals surface area contributed by atoms with Gasteiger partial charge in [0.1, 0.15) is 0 Å². The Balaban J connectivity index is 0.00000256. The van der Waals surface area contributed by atoms with E-state index in [4.69, 9.17) is 10.2 Å². The van der Waals surface area contributed by atoms with Crippen molar-refractivity contribution in [2.24, 2.45) is 0 Å². The molecule has 1 fully saturated rings. The van der Waals surface area contributed by atoms with E-state index in [-0.39, 0.29) is 25.4 Å². The van der Waals surface area contributed by atoms with Crippen molar-refractivity contribution >= 4 is 18.4 Å². The first-order valence-electron chi connectivity index (χ1n) is 5.88. The van der Waals surface area contributed by atoms with Crippen molar-refractivity contribution in [3.8, 4) is 0 Å². The van der Waals surface area contributed by atoms with Crippen molar-refractivity contribution in [2.45, 2.75) is 25.3 Å². The van der Waals surface area contributed by atoms with E-state index in [1.54, 1.807) is 0 Å². The van der Waals surface area contributed by atoms with Crippen LogP contribution in [0.25, 0.3) is 0 Å². The number of nitrogens with zero attached hydrogens (tertiary/aromatic N) is 2. The van der Waals surface area contributed by atoms with Crippen LogP contribution in [-0.4, -0.2) is 71.9 Å². The number of piperidine rings is 1. The highest BCUT2D eigenvalue weighted by Crippen LogP contribution is 2.15. The number of rotatable bonds is 6. The van der Waals surface area contributed by atoms with Crippen LogP contribution in [-0.2, 0) is 4.79 Å². The van der Waals surface area contributed by atoms with Crippen LogP contribution in [0.2, 0.25) is 0 Å². The first-order valence-corrected chi connectivity index (χ1v) is 5.88. The zero-order valence-electron chi connectivity index (χ0n) is 10.3. The summed E-state index contributed by atoms with van der Waals surface area (Å²) in [5.74, 6) is -0.768. The standard InChI is InChI=1S/C11H22N2O3.ClH/c1-12-5-2-10(3-6-12)13(8-9-14)7-4-11(15)16;/h10,14H,2-9H2,1H3,(H,15,16);1H. The number of aliphatic hydroxyl groups is 1. The maximum absolute atomic E-state index is 10.5. The summed E-state index contributed by atoms with van der Waals surface area (Å²) >= 11 is 0. The molecule has 0 radical (unpaired) electrons. The zero-order valence-corrected chi connectivity index (χ0v) is 11.2. The number of carbonyl (C=O) groups is 1. The lowest BCUT2D eigenvalue weighted by molar-refractivity contribution is -0.137. The van der Waals surface area contributed by atoms with Gasteiger partial charge >= 0.3 is 5.97 Å². The molecule has 102 valence electrons. The minimum absolute atomic E-state index is 0. The molecule has 0 bridgehead atoms. The predicted octanol–water partition coefficient (Wildman–Crippen LogP) is 0.271. The van der Waals surface area contributed by atoms with Crippen molar-refractivity contribution in [3.05, 3.63) is 0 Å². The van der Waals surface area contributed by atoms with E-state index in [0.717, 1.165) is 25.9 Å². The van der Waals surface area contributed by atoms with Crippen LogP contribution in [0, 0.1) is 0 Å². The number of aliphatic hydroxyl groups excluding tert-OH is 1. The Morgan fingerprint density at radius 2 is 1.94 bits per heavy atom. The molecule has 1 saturated heterocycles. The lowest BCUT2D eigenvalue weighted by atomic mass is 10.0. The number of likely N-dealkylation sites (tertiary alicyclic amines) is 1. The van der Waals surface area contributed by atoms with Crippen LogP contribution in [0.5, 0.6) is 0 Å². The Bertz CT molecular complexity index is 221. The second kappa shape index (κ2) is 8.69. The molecule has 1 rings (SSSR count). The molecule has 1 aliphatic heterocycles. The molecule has 0 unspecified atom stereocenters. The summed E-state index contributed by atoms with van der Waals surface area (Å²) in [4.78, 5) is 14.9. The fourth-order valence-electron chi connectivity index (χ4n) is 2.20. The Morgan fingerprint density at radius 1 is 1.35 bits per heavy atom. The largest absolute Gasteiger partial charge is 0.481 e. The molecule has 0 aromatic rings. The van der Waals surface area contributed by atoms with E-state index in [1.807, 2.05) is 0 Å². The molecular weight excluding hydrogens is 244 g/mol. The highest BCUT2D eigenvalue weighted by molar-refractivity contribution is 5.85. The molecule has 17 heavy (non-hydrogen) atoms. The van der Waals surface area contributed by atoms with E-state index in [2.05, 4.69) is 16.8 Å². The van der Waals surface area contributed by atoms with Gasteiger partial charge in [0.15, 0.2) is 0 Å². The zero-order chi connectivity index (χ0) is 12.0. The summed E-state index contributed by atoms with van der Waals surface area (Å²) in [6, 6.07) is 0.433. The first kappa shape index (κ1) is 16.6. The van der Waals surface area contributed by atoms with Gasteiger partial charge in [-0.3, -0.25) is 9.69 Å². The van der Waals surface area contributed by atoms with E-state index < -0.39 is 5.97 Å². The van der Waals surface area contributed by atoms with Gasteiger partial charge in [0.2, 0.25) is 0 Å². The quantitative estimate of drug-likeness (QED) is 0.723. The molecule has 0 aromatic heterocycles. The van der Waals surface area contributed by atoms with Gasteiger partial charge in [-0.05, 0) is 33.0 Å². The molecule has 6 heteroatoms. The van der Waals surface area contributed by atoms with Gasteiger partial charge in [0.25, 0.3) is 0 Å². The highest BCUT2D eigenvalue weighted by Gasteiger charge is 2.22. The smallest absolute Gasteiger partial charge is 0.304 e. The van der Waals surface area contributed by atoms with Gasteiger partial charge in [0.05, 0.1) is 13.0 Å². The van der Waals surface area contributed by atoms with E-state index in [9.17, 15) is 4.79 Å². The van der Waals surface area contributed by atoms with Crippen LogP contribution in [0.15, 0.2) is 0 Å². The maximum Gasteiger partial charge on any atom is 0.304 e. The molecule has 0 amide bonds. The average molecular weight is 267 g/mol. The molecule has 0 aromatic carbocycles. The Morgan fingerprint density at radius 3 is 2.41 bits per heavy atom. The van der Waals surface area contributed by atoms with E-state index >= 15 is 0 Å². The Hall–Kier alpha value is -0.360. The van der Waals surface area contributed by atoms with Crippen molar-refractivity contribution < 1.29 is 15.0 Å². The predicted molar refractivity (Wildman–Crippen MR) is 68.7 cm³/mol. The van der Waals surface area contributed by atoms with Crippen molar-refractivity contribution in [2.75, 3.05) is 39.8 Å². The van der Waals surface area contributed by atoms with Gasteiger partial charge in [-0.2, -0.15) is 0 Å². The topological polar surface area (TPSA) is 64.0 Å². The average Bonchev–Trinajstić information content (AvgIpc) is 2.25. The molecule has 0 spiro atoms. The van der Waals surface area contributed by atoms with Gasteiger partial charge in [-0.15, -0.1) is 12.4 Å². The number of hydrogen-bond donors (Lipinski definition) is 2. The normalized spacial score (nSPS) is 18.1. The monoisotopic (exact) mass is 266 g/mol. The van der Waals surface area contributed by atoms with Crippen LogP contribution in [0.4, 0.5) is 0 Å². The van der Waals surface area contributed by atoms with Crippen LogP contribution in [0.3, 0.4) is 0 Å². The molecule has 0 saturated carbocycles. The number of carboxylic acid groups (broad SMARTS) is 1. The Kier molecular flexibility index (Phi) is 8.51. The van der Waals surface area contributed by atoms with E-state index in [1.165, 1.54) is 0 Å². The van der Waals surface area contributed by atoms with Crippen LogP contribution < -0.4 is 0 Å². The highest BCUT2D eigenvalue weighted by atomic mass is 35.5. The molecule has 0 aliphatic carbocycles. The van der Waals surface area contributed by atoms with Crippen LogP contribution >= 0.6 is 12.4 Å². The van der Waals surface area contributed by atoms with Crippen molar-refractivity contribution in [1.82, 2.24) is 9.80 Å². The summed E-state index contributed by atoms with van der Waals surface area (Å²) in [5.41, 5.74) is 0. The summed E-state index contributed by atoms with van der Waals surface area (Å²) < 4.78 is 0. The summed E-state index contributed by atoms with van der Waals surface area (Å²) in [6.45, 7) is 3.34. The van der Waals surface area contributed by atoms with E-state index in [0.29, 0.717) is 19.1 Å². The van der Waals surface area contributed by atoms with Crippen molar-refractivity contribution in [1.29, 1.82) is 0 Å². The minimum atomic E-state index is -0.768. The molecule has 1 heterocycles. The minimum Gasteiger partial charge on any atom is -0.481 e. The molecule has 1 aliphatic rings. The van der Waals surface area contributed by atoms with Gasteiger partial charge in [-0.25, -0.2) is 0 Å². The number of carboxylic acids is 1. The Labute approximate surface area is 109 Å². The lowest BCUT2D eigenvalue weighted by Crippen LogP contribution is -2.45. The number of hydrogen-bond acceptors (Lipinski definition) is 4. The summed E-state index contributed by atoms with van der Waals surface area (Å²) in [6.07, 6.45) is 2.29. The van der Waals surface area contributed by atoms with Crippen LogP contribution in [0.1, 0.15) is 19.3 Å². The number of aliphatic carboxylic acids is 1. The van der Waals surface area contributed by atoms with Gasteiger partial charge in [-0.1, -0.05) is 0 Å². The van der Waals surface area contributed by atoms with Gasteiger partial charge < -0.3 is 15.1 Å².